The maximum atomic E-state index is 11.8. The second-order valence-electron chi connectivity index (χ2n) is 4.93. The third-order valence-corrected chi connectivity index (χ3v) is 2.15. The van der Waals surface area contributed by atoms with Crippen molar-refractivity contribution >= 4 is 18.6 Å². The highest BCUT2D eigenvalue weighted by molar-refractivity contribution is 6.59. The van der Waals surface area contributed by atoms with Crippen LogP contribution < -0.4 is 5.46 Å². The van der Waals surface area contributed by atoms with Crippen LogP contribution in [0.25, 0.3) is 0 Å². The van der Waals surface area contributed by atoms with Gasteiger partial charge in [-0.25, -0.2) is 4.79 Å². The molecular formula is C13H19BO4. The number of carbonyl (C=O) groups excluding carboxylic acids is 1. The van der Waals surface area contributed by atoms with E-state index >= 15 is 0 Å². The molecule has 0 spiro atoms. The summed E-state index contributed by atoms with van der Waals surface area (Å²) >= 11 is 0. The van der Waals surface area contributed by atoms with E-state index in [1.165, 1.54) is 0 Å². The Labute approximate surface area is 108 Å². The Morgan fingerprint density at radius 1 is 1.28 bits per heavy atom. The minimum Gasteiger partial charge on any atom is -0.456 e. The average molecular weight is 250 g/mol. The van der Waals surface area contributed by atoms with Gasteiger partial charge in [-0.1, -0.05) is 12.1 Å². The molecule has 0 amide bonds. The van der Waals surface area contributed by atoms with E-state index in [0.29, 0.717) is 17.6 Å². The van der Waals surface area contributed by atoms with E-state index in [1.54, 1.807) is 31.2 Å². The van der Waals surface area contributed by atoms with Crippen LogP contribution in [0.5, 0.6) is 0 Å². The molecule has 18 heavy (non-hydrogen) atoms. The highest BCUT2D eigenvalue weighted by atomic mass is 16.6. The molecule has 1 N–H and O–H groups in total. The fraction of sp³-hybridized carbons (Fsp3) is 0.462. The lowest BCUT2D eigenvalue weighted by Gasteiger charge is -2.19. The number of ether oxygens (including phenoxy) is 1. The lowest BCUT2D eigenvalue weighted by molar-refractivity contribution is 0.00695. The molecular weight excluding hydrogens is 231 g/mol. The molecule has 4 nitrogen and oxygen atoms in total. The van der Waals surface area contributed by atoms with Crippen molar-refractivity contribution in [3.8, 4) is 0 Å². The maximum Gasteiger partial charge on any atom is 0.491 e. The van der Waals surface area contributed by atoms with Gasteiger partial charge in [0.25, 0.3) is 0 Å². The van der Waals surface area contributed by atoms with Gasteiger partial charge in [0.2, 0.25) is 0 Å². The number of benzene rings is 1. The molecule has 0 bridgehead atoms. The maximum absolute atomic E-state index is 11.8. The SMILES string of the molecule is CCOB(O)c1ccc(C(=O)OC(C)(C)C)cc1. The zero-order chi connectivity index (χ0) is 13.8. The van der Waals surface area contributed by atoms with Gasteiger partial charge in [-0.3, -0.25) is 0 Å². The molecule has 0 aliphatic heterocycles. The predicted molar refractivity (Wildman–Crippen MR) is 70.8 cm³/mol. The summed E-state index contributed by atoms with van der Waals surface area (Å²) in [6, 6.07) is 6.54. The van der Waals surface area contributed by atoms with E-state index in [0.717, 1.165) is 0 Å². The highest BCUT2D eigenvalue weighted by Gasteiger charge is 2.19. The van der Waals surface area contributed by atoms with E-state index in [-0.39, 0.29) is 5.97 Å². The minimum absolute atomic E-state index is 0.375. The summed E-state index contributed by atoms with van der Waals surface area (Å²) in [6.45, 7) is 7.68. The summed E-state index contributed by atoms with van der Waals surface area (Å²) in [5, 5.41) is 9.60. The molecule has 1 rings (SSSR count). The predicted octanol–water partition coefficient (Wildman–Crippen LogP) is 1.37. The second-order valence-corrected chi connectivity index (χ2v) is 4.93. The quantitative estimate of drug-likeness (QED) is 0.647. The van der Waals surface area contributed by atoms with Crippen LogP contribution in [0.1, 0.15) is 38.1 Å². The Balaban J connectivity index is 2.74. The molecule has 0 atom stereocenters. The first kappa shape index (κ1) is 14.7. The van der Waals surface area contributed by atoms with Crippen molar-refractivity contribution in [2.24, 2.45) is 0 Å². The van der Waals surface area contributed by atoms with Crippen molar-refractivity contribution in [3.63, 3.8) is 0 Å². The van der Waals surface area contributed by atoms with Gasteiger partial charge in [-0.2, -0.15) is 0 Å². The third kappa shape index (κ3) is 4.51. The molecule has 1 aromatic rings. The molecule has 0 aliphatic carbocycles. The summed E-state index contributed by atoms with van der Waals surface area (Å²) in [4.78, 5) is 11.8. The van der Waals surface area contributed by atoms with Gasteiger partial charge in [0.1, 0.15) is 5.60 Å². The fourth-order valence-electron chi connectivity index (χ4n) is 1.37. The number of carbonyl (C=O) groups is 1. The van der Waals surface area contributed by atoms with Gasteiger partial charge in [-0.05, 0) is 45.3 Å². The molecule has 98 valence electrons. The van der Waals surface area contributed by atoms with E-state index in [1.807, 2.05) is 20.8 Å². The summed E-state index contributed by atoms with van der Waals surface area (Å²) in [5.74, 6) is -0.375. The van der Waals surface area contributed by atoms with Crippen LogP contribution in [0.4, 0.5) is 0 Å². The van der Waals surface area contributed by atoms with E-state index in [4.69, 9.17) is 9.39 Å². The number of hydrogen-bond donors (Lipinski definition) is 1. The molecule has 1 aromatic carbocycles. The third-order valence-electron chi connectivity index (χ3n) is 2.15. The first-order valence-corrected chi connectivity index (χ1v) is 5.96. The molecule has 0 saturated heterocycles. The van der Waals surface area contributed by atoms with E-state index < -0.39 is 12.7 Å². The van der Waals surface area contributed by atoms with Gasteiger partial charge in [-0.15, -0.1) is 0 Å². The minimum atomic E-state index is -0.956. The summed E-state index contributed by atoms with van der Waals surface area (Å²) in [7, 11) is -0.956. The topological polar surface area (TPSA) is 55.8 Å². The van der Waals surface area contributed by atoms with Crippen LogP contribution >= 0.6 is 0 Å². The standard InChI is InChI=1S/C13H19BO4/c1-5-17-14(16)11-8-6-10(7-9-11)12(15)18-13(2,3)4/h6-9,16H,5H2,1-4H3. The van der Waals surface area contributed by atoms with Gasteiger partial charge in [0.05, 0.1) is 5.56 Å². The first-order valence-electron chi connectivity index (χ1n) is 5.96. The van der Waals surface area contributed by atoms with Crippen LogP contribution in [0.15, 0.2) is 24.3 Å². The average Bonchev–Trinajstić information content (AvgIpc) is 2.27. The molecule has 5 heteroatoms. The molecule has 0 unspecified atom stereocenters. The van der Waals surface area contributed by atoms with Gasteiger partial charge < -0.3 is 14.4 Å². The Morgan fingerprint density at radius 2 is 1.83 bits per heavy atom. The molecule has 0 aromatic heterocycles. The Hall–Kier alpha value is -1.33. The van der Waals surface area contributed by atoms with E-state index in [2.05, 4.69) is 0 Å². The van der Waals surface area contributed by atoms with Crippen molar-refractivity contribution in [2.75, 3.05) is 6.61 Å². The molecule has 0 fully saturated rings. The summed E-state index contributed by atoms with van der Waals surface area (Å²) in [6.07, 6.45) is 0. The first-order chi connectivity index (χ1) is 8.33. The zero-order valence-electron chi connectivity index (χ0n) is 11.3. The Kier molecular flexibility index (Phi) is 4.93. The van der Waals surface area contributed by atoms with Crippen LogP contribution in [0.3, 0.4) is 0 Å². The molecule has 0 saturated carbocycles. The van der Waals surface area contributed by atoms with E-state index in [9.17, 15) is 9.82 Å². The lowest BCUT2D eigenvalue weighted by atomic mass is 9.79. The fourth-order valence-corrected chi connectivity index (χ4v) is 1.37. The molecule has 0 heterocycles. The van der Waals surface area contributed by atoms with Crippen LogP contribution in [-0.2, 0) is 9.39 Å². The van der Waals surface area contributed by atoms with Crippen molar-refractivity contribution in [1.82, 2.24) is 0 Å². The van der Waals surface area contributed by atoms with Crippen molar-refractivity contribution in [2.45, 2.75) is 33.3 Å². The van der Waals surface area contributed by atoms with Gasteiger partial charge >= 0.3 is 13.1 Å². The van der Waals surface area contributed by atoms with Crippen LogP contribution in [0, 0.1) is 0 Å². The zero-order valence-corrected chi connectivity index (χ0v) is 11.3. The Morgan fingerprint density at radius 3 is 2.28 bits per heavy atom. The van der Waals surface area contributed by atoms with Crippen LogP contribution in [0.2, 0.25) is 0 Å². The smallest absolute Gasteiger partial charge is 0.456 e. The van der Waals surface area contributed by atoms with Gasteiger partial charge in [0.15, 0.2) is 0 Å². The summed E-state index contributed by atoms with van der Waals surface area (Å²) in [5.41, 5.74) is 0.558. The number of hydrogen-bond acceptors (Lipinski definition) is 4. The van der Waals surface area contributed by atoms with Gasteiger partial charge in [0, 0.05) is 6.61 Å². The number of esters is 1. The van der Waals surface area contributed by atoms with Crippen molar-refractivity contribution in [1.29, 1.82) is 0 Å². The largest absolute Gasteiger partial charge is 0.491 e. The molecule has 0 aliphatic rings. The highest BCUT2D eigenvalue weighted by Crippen LogP contribution is 2.11. The van der Waals surface area contributed by atoms with Crippen molar-refractivity contribution < 1.29 is 19.2 Å². The van der Waals surface area contributed by atoms with Crippen molar-refractivity contribution in [3.05, 3.63) is 29.8 Å². The Bertz CT molecular complexity index is 394. The number of rotatable bonds is 4. The second kappa shape index (κ2) is 6.02. The summed E-state index contributed by atoms with van der Waals surface area (Å²) < 4.78 is 10.3. The van der Waals surface area contributed by atoms with Crippen LogP contribution in [-0.4, -0.2) is 30.3 Å². The lowest BCUT2D eigenvalue weighted by Crippen LogP contribution is -2.33. The normalized spacial score (nSPS) is 11.2. The monoisotopic (exact) mass is 250 g/mol. The molecule has 0 radical (unpaired) electrons.